The highest BCUT2D eigenvalue weighted by Crippen LogP contribution is 2.13. The molecule has 0 bridgehead atoms. The molecule has 1 aliphatic heterocycles. The Bertz CT molecular complexity index is 583. The Labute approximate surface area is 133 Å². The number of tetrazole rings is 1. The van der Waals surface area contributed by atoms with Crippen LogP contribution in [-0.4, -0.2) is 52.3 Å². The number of carbonyl (C=O) groups is 1. The lowest BCUT2D eigenvalue weighted by Crippen LogP contribution is -2.47. The summed E-state index contributed by atoms with van der Waals surface area (Å²) < 4.78 is 5.39. The zero-order valence-corrected chi connectivity index (χ0v) is 12.6. The zero-order chi connectivity index (χ0) is 14.5. The van der Waals surface area contributed by atoms with Gasteiger partial charge in [-0.05, 0) is 10.8 Å². The first kappa shape index (κ1) is 16.3. The van der Waals surface area contributed by atoms with Gasteiger partial charge in [-0.1, -0.05) is 24.3 Å². The molecular weight excluding hydrogens is 308 g/mol. The number of ether oxygens (including phenoxy) is 1. The lowest BCUT2D eigenvalue weighted by Gasteiger charge is -2.22. The van der Waals surface area contributed by atoms with Crippen LogP contribution in [0.5, 0.6) is 0 Å². The average Bonchev–Trinajstić information content (AvgIpc) is 3.08. The van der Waals surface area contributed by atoms with Gasteiger partial charge in [-0.15, -0.1) is 22.6 Å². The minimum atomic E-state index is -0.405. The summed E-state index contributed by atoms with van der Waals surface area (Å²) in [7, 11) is 0. The van der Waals surface area contributed by atoms with Crippen molar-refractivity contribution in [3.8, 4) is 11.4 Å². The Morgan fingerprint density at radius 1 is 1.36 bits per heavy atom. The topological polar surface area (TPSA) is 105 Å². The lowest BCUT2D eigenvalue weighted by atomic mass is 10.1. The van der Waals surface area contributed by atoms with E-state index in [1.807, 2.05) is 24.3 Å². The summed E-state index contributed by atoms with van der Waals surface area (Å²) >= 11 is 0. The van der Waals surface area contributed by atoms with Gasteiger partial charge in [0, 0.05) is 25.2 Å². The van der Waals surface area contributed by atoms with Crippen molar-refractivity contribution < 1.29 is 9.53 Å². The summed E-state index contributed by atoms with van der Waals surface area (Å²) in [5.74, 6) is 0.455. The van der Waals surface area contributed by atoms with E-state index in [1.54, 1.807) is 0 Å². The molecule has 1 atom stereocenters. The van der Waals surface area contributed by atoms with Gasteiger partial charge >= 0.3 is 0 Å². The van der Waals surface area contributed by atoms with E-state index < -0.39 is 6.10 Å². The van der Waals surface area contributed by atoms with Gasteiger partial charge < -0.3 is 15.4 Å². The van der Waals surface area contributed by atoms with Gasteiger partial charge in [-0.3, -0.25) is 4.79 Å². The number of H-pyrrole nitrogens is 1. The predicted molar refractivity (Wildman–Crippen MR) is 81.3 cm³/mol. The first-order valence-corrected chi connectivity index (χ1v) is 6.76. The van der Waals surface area contributed by atoms with E-state index in [0.717, 1.165) is 17.7 Å². The molecule has 0 spiro atoms. The fraction of sp³-hybridized carbons (Fsp3) is 0.385. The van der Waals surface area contributed by atoms with Gasteiger partial charge in [-0.25, -0.2) is 0 Å². The summed E-state index contributed by atoms with van der Waals surface area (Å²) in [6.45, 7) is 2.38. The van der Waals surface area contributed by atoms with Crippen LogP contribution in [0.1, 0.15) is 5.56 Å². The number of carbonyl (C=O) groups excluding carboxylic acids is 1. The molecule has 0 radical (unpaired) electrons. The first-order chi connectivity index (χ1) is 10.3. The smallest absolute Gasteiger partial charge is 0.250 e. The van der Waals surface area contributed by atoms with Crippen LogP contribution in [0.4, 0.5) is 0 Å². The minimum absolute atomic E-state index is 0. The van der Waals surface area contributed by atoms with Gasteiger partial charge in [0.25, 0.3) is 5.91 Å². The highest BCUT2D eigenvalue weighted by molar-refractivity contribution is 5.85. The van der Waals surface area contributed by atoms with Crippen molar-refractivity contribution in [3.05, 3.63) is 29.8 Å². The molecule has 0 aliphatic carbocycles. The van der Waals surface area contributed by atoms with E-state index in [9.17, 15) is 4.79 Å². The Morgan fingerprint density at radius 2 is 2.18 bits per heavy atom. The molecule has 9 heteroatoms. The number of benzene rings is 1. The highest BCUT2D eigenvalue weighted by atomic mass is 35.5. The second-order valence-corrected chi connectivity index (χ2v) is 4.71. The molecule has 1 aromatic carbocycles. The molecule has 22 heavy (non-hydrogen) atoms. The number of hydrogen-bond donors (Lipinski definition) is 3. The molecule has 8 nitrogen and oxygen atoms in total. The van der Waals surface area contributed by atoms with Crippen LogP contribution >= 0.6 is 12.4 Å². The number of halogens is 1. The van der Waals surface area contributed by atoms with Crippen LogP contribution in [0.2, 0.25) is 0 Å². The predicted octanol–water partition coefficient (Wildman–Crippen LogP) is -0.107. The Balaban J connectivity index is 0.00000176. The highest BCUT2D eigenvalue weighted by Gasteiger charge is 2.21. The van der Waals surface area contributed by atoms with Gasteiger partial charge in [-0.2, -0.15) is 5.21 Å². The second-order valence-electron chi connectivity index (χ2n) is 4.71. The molecule has 118 valence electrons. The fourth-order valence-corrected chi connectivity index (χ4v) is 2.09. The molecule has 1 aromatic heterocycles. The van der Waals surface area contributed by atoms with E-state index in [0.29, 0.717) is 25.5 Å². The number of rotatable bonds is 4. The van der Waals surface area contributed by atoms with Crippen LogP contribution in [0, 0.1) is 0 Å². The van der Waals surface area contributed by atoms with Crippen molar-refractivity contribution in [1.82, 2.24) is 31.3 Å². The Kier molecular flexibility index (Phi) is 5.82. The van der Waals surface area contributed by atoms with Gasteiger partial charge in [0.15, 0.2) is 0 Å². The zero-order valence-electron chi connectivity index (χ0n) is 11.8. The van der Waals surface area contributed by atoms with Crippen molar-refractivity contribution in [3.63, 3.8) is 0 Å². The number of nitrogens with one attached hydrogen (secondary N) is 3. The minimum Gasteiger partial charge on any atom is -0.366 e. The molecular formula is C13H17ClN6O2. The Hall–Kier alpha value is -2.03. The van der Waals surface area contributed by atoms with Gasteiger partial charge in [0.2, 0.25) is 5.82 Å². The molecule has 1 saturated heterocycles. The average molecular weight is 325 g/mol. The summed E-state index contributed by atoms with van der Waals surface area (Å²) in [6, 6.07) is 7.63. The molecule has 3 rings (SSSR count). The number of morpholine rings is 1. The molecule has 2 aromatic rings. The largest absolute Gasteiger partial charge is 0.366 e. The second kappa shape index (κ2) is 7.83. The van der Waals surface area contributed by atoms with Crippen LogP contribution in [0.25, 0.3) is 11.4 Å². The number of hydrogen-bond acceptors (Lipinski definition) is 6. The third-order valence-electron chi connectivity index (χ3n) is 3.24. The van der Waals surface area contributed by atoms with Crippen molar-refractivity contribution in [2.24, 2.45) is 0 Å². The normalized spacial score (nSPS) is 17.5. The van der Waals surface area contributed by atoms with Crippen LogP contribution in [0.15, 0.2) is 24.3 Å². The van der Waals surface area contributed by atoms with Crippen molar-refractivity contribution >= 4 is 18.3 Å². The van der Waals surface area contributed by atoms with Crippen molar-refractivity contribution in [2.45, 2.75) is 12.6 Å². The van der Waals surface area contributed by atoms with Gasteiger partial charge in [0.1, 0.15) is 6.10 Å². The third-order valence-corrected chi connectivity index (χ3v) is 3.24. The van der Waals surface area contributed by atoms with Crippen molar-refractivity contribution in [1.29, 1.82) is 0 Å². The third kappa shape index (κ3) is 4.00. The van der Waals surface area contributed by atoms with E-state index in [4.69, 9.17) is 4.74 Å². The van der Waals surface area contributed by atoms with Crippen LogP contribution < -0.4 is 10.6 Å². The molecule has 1 aliphatic rings. The summed E-state index contributed by atoms with van der Waals surface area (Å²) in [4.78, 5) is 11.9. The fourth-order valence-electron chi connectivity index (χ4n) is 2.09. The van der Waals surface area contributed by atoms with Crippen molar-refractivity contribution in [2.75, 3.05) is 19.7 Å². The molecule has 1 amide bonds. The van der Waals surface area contributed by atoms with E-state index in [1.165, 1.54) is 0 Å². The maximum Gasteiger partial charge on any atom is 0.250 e. The molecule has 3 N–H and O–H groups in total. The quantitative estimate of drug-likeness (QED) is 0.725. The monoisotopic (exact) mass is 324 g/mol. The summed E-state index contributed by atoms with van der Waals surface area (Å²) in [5.41, 5.74) is 1.87. The molecule has 0 unspecified atom stereocenters. The summed E-state index contributed by atoms with van der Waals surface area (Å²) in [6.07, 6.45) is -0.405. The van der Waals surface area contributed by atoms with Crippen LogP contribution in [0.3, 0.4) is 0 Å². The van der Waals surface area contributed by atoms with E-state index in [2.05, 4.69) is 31.3 Å². The van der Waals surface area contributed by atoms with E-state index >= 15 is 0 Å². The maximum atomic E-state index is 11.9. The molecule has 1 fully saturated rings. The number of amides is 1. The number of aromatic amines is 1. The molecule has 0 saturated carbocycles. The number of nitrogens with zero attached hydrogens (tertiary/aromatic N) is 3. The standard InChI is InChI=1S/C13H16N6O2.ClH/c20-13(11-8-14-5-6-21-11)15-7-9-1-3-10(4-2-9)12-16-18-19-17-12;/h1-4,11,14H,5-8H2,(H,15,20)(H,16,17,18,19);1H/t11-;/m1./s1. The first-order valence-electron chi connectivity index (χ1n) is 6.76. The Morgan fingerprint density at radius 3 is 2.82 bits per heavy atom. The van der Waals surface area contributed by atoms with Gasteiger partial charge in [0.05, 0.1) is 6.61 Å². The molecule has 2 heterocycles. The van der Waals surface area contributed by atoms with E-state index in [-0.39, 0.29) is 18.3 Å². The SMILES string of the molecule is Cl.O=C(NCc1ccc(-c2nn[nH]n2)cc1)[C@H]1CNCCO1. The maximum absolute atomic E-state index is 11.9. The summed E-state index contributed by atoms with van der Waals surface area (Å²) in [5, 5.41) is 19.8. The van der Waals surface area contributed by atoms with Crippen LogP contribution in [-0.2, 0) is 16.1 Å². The lowest BCUT2D eigenvalue weighted by molar-refractivity contribution is -0.134. The number of aromatic nitrogens is 4.